The zero-order valence-electron chi connectivity index (χ0n) is 9.74. The third kappa shape index (κ3) is 3.57. The van der Waals surface area contributed by atoms with Gasteiger partial charge in [-0.1, -0.05) is 11.3 Å². The normalized spacial score (nSPS) is 13.4. The van der Waals surface area contributed by atoms with Crippen LogP contribution in [-0.2, 0) is 10.0 Å². The number of nitrogen functional groups attached to an aromatic ring is 1. The Kier molecular flexibility index (Phi) is 4.96. The second-order valence-corrected chi connectivity index (χ2v) is 7.48. The summed E-state index contributed by atoms with van der Waals surface area (Å²) < 4.78 is 26.1. The molecule has 0 amide bonds. The molecule has 3 N–H and O–H groups in total. The lowest BCUT2D eigenvalue weighted by atomic mass is 10.4. The molecule has 102 valence electrons. The molecule has 1 aromatic rings. The van der Waals surface area contributed by atoms with E-state index in [1.54, 1.807) is 6.92 Å². The van der Waals surface area contributed by atoms with E-state index in [1.807, 2.05) is 6.26 Å². The molecule has 1 heterocycles. The molecule has 18 heavy (non-hydrogen) atoms. The number of hydrogen-bond donors (Lipinski definition) is 2. The molecule has 0 aliphatic carbocycles. The number of anilines is 1. The van der Waals surface area contributed by atoms with Crippen LogP contribution >= 0.6 is 23.1 Å². The third-order valence-electron chi connectivity index (χ3n) is 1.95. The number of sulfonamides is 1. The first kappa shape index (κ1) is 15.2. The van der Waals surface area contributed by atoms with Crippen LogP contribution in [0.1, 0.15) is 6.92 Å². The maximum absolute atomic E-state index is 11.9. The van der Waals surface area contributed by atoms with Gasteiger partial charge in [-0.25, -0.2) is 13.1 Å². The van der Waals surface area contributed by atoms with Gasteiger partial charge < -0.3 is 5.73 Å². The molecule has 0 saturated carbocycles. The molecule has 1 aromatic heterocycles. The van der Waals surface area contributed by atoms with Crippen molar-refractivity contribution in [1.82, 2.24) is 4.72 Å². The minimum Gasteiger partial charge on any atom is -0.385 e. The van der Waals surface area contributed by atoms with E-state index in [-0.39, 0.29) is 20.9 Å². The lowest BCUT2D eigenvalue weighted by molar-refractivity contribution is -0.383. The smallest absolute Gasteiger partial charge is 0.304 e. The SMILES string of the molecule is CSCC(C)NS(=O)(=O)c1cc([N+](=O)[O-])c(N)s1. The van der Waals surface area contributed by atoms with E-state index >= 15 is 0 Å². The first-order valence-corrected chi connectivity index (χ1v) is 8.52. The van der Waals surface area contributed by atoms with E-state index in [0.717, 1.165) is 6.07 Å². The van der Waals surface area contributed by atoms with Gasteiger partial charge in [0.2, 0.25) is 0 Å². The summed E-state index contributed by atoms with van der Waals surface area (Å²) >= 11 is 2.19. The van der Waals surface area contributed by atoms with Crippen LogP contribution in [-0.4, -0.2) is 31.4 Å². The molecule has 0 aromatic carbocycles. The number of thioether (sulfide) groups is 1. The zero-order chi connectivity index (χ0) is 13.9. The number of thiophene rings is 1. The third-order valence-corrected chi connectivity index (χ3v) is 5.80. The maximum Gasteiger partial charge on any atom is 0.304 e. The molecule has 1 atom stereocenters. The van der Waals surface area contributed by atoms with E-state index in [4.69, 9.17) is 5.73 Å². The molecule has 7 nitrogen and oxygen atoms in total. The van der Waals surface area contributed by atoms with Crippen molar-refractivity contribution in [2.45, 2.75) is 17.2 Å². The molecule has 0 aliphatic rings. The highest BCUT2D eigenvalue weighted by Crippen LogP contribution is 2.34. The van der Waals surface area contributed by atoms with Crippen molar-refractivity contribution >= 4 is 43.8 Å². The van der Waals surface area contributed by atoms with E-state index in [1.165, 1.54) is 11.8 Å². The summed E-state index contributed by atoms with van der Waals surface area (Å²) in [5.74, 6) is 0.613. The molecule has 0 fully saturated rings. The van der Waals surface area contributed by atoms with Crippen LogP contribution in [0.2, 0.25) is 0 Å². The maximum atomic E-state index is 11.9. The van der Waals surface area contributed by atoms with E-state index in [2.05, 4.69) is 4.72 Å². The molecule has 0 saturated heterocycles. The molecule has 10 heteroatoms. The molecule has 0 radical (unpaired) electrons. The Balaban J connectivity index is 2.99. The van der Waals surface area contributed by atoms with Crippen LogP contribution in [0.25, 0.3) is 0 Å². The number of hydrogen-bond acceptors (Lipinski definition) is 7. The second-order valence-electron chi connectivity index (χ2n) is 3.55. The number of nitrogens with one attached hydrogen (secondary N) is 1. The van der Waals surface area contributed by atoms with Crippen molar-refractivity contribution in [3.63, 3.8) is 0 Å². The minimum absolute atomic E-state index is 0.113. The number of nitrogens with zero attached hydrogens (tertiary/aromatic N) is 1. The fraction of sp³-hybridized carbons (Fsp3) is 0.500. The average molecular weight is 311 g/mol. The largest absolute Gasteiger partial charge is 0.385 e. The van der Waals surface area contributed by atoms with E-state index in [9.17, 15) is 18.5 Å². The Hall–Kier alpha value is -0.840. The van der Waals surface area contributed by atoms with Crippen LogP contribution in [0.5, 0.6) is 0 Å². The van der Waals surface area contributed by atoms with Gasteiger partial charge in [0.05, 0.1) is 4.92 Å². The number of rotatable bonds is 6. The van der Waals surface area contributed by atoms with Crippen molar-refractivity contribution in [3.05, 3.63) is 16.2 Å². The monoisotopic (exact) mass is 311 g/mol. The van der Waals surface area contributed by atoms with Crippen LogP contribution in [0.15, 0.2) is 10.3 Å². The number of nitrogens with two attached hydrogens (primary N) is 1. The van der Waals surface area contributed by atoms with Gasteiger partial charge in [-0.15, -0.1) is 0 Å². The lowest BCUT2D eigenvalue weighted by Crippen LogP contribution is -2.33. The van der Waals surface area contributed by atoms with Gasteiger partial charge >= 0.3 is 5.69 Å². The highest BCUT2D eigenvalue weighted by molar-refractivity contribution is 7.98. The lowest BCUT2D eigenvalue weighted by Gasteiger charge is -2.11. The molecule has 0 spiro atoms. The summed E-state index contributed by atoms with van der Waals surface area (Å²) in [7, 11) is -3.75. The standard InChI is InChI=1S/C8H13N3O4S3/c1-5(4-16-2)10-18(14,15)7-3-6(11(12)13)8(9)17-7/h3,5,10H,4,9H2,1-2H3. The topological polar surface area (TPSA) is 115 Å². The molecule has 0 aliphatic heterocycles. The van der Waals surface area contributed by atoms with Crippen molar-refractivity contribution in [2.75, 3.05) is 17.7 Å². The van der Waals surface area contributed by atoms with Crippen molar-refractivity contribution in [3.8, 4) is 0 Å². The van der Waals surface area contributed by atoms with Gasteiger partial charge in [-0.3, -0.25) is 10.1 Å². The number of nitro groups is 1. The fourth-order valence-corrected chi connectivity index (χ4v) is 4.42. The predicted molar refractivity (Wildman–Crippen MR) is 73.6 cm³/mol. The first-order chi connectivity index (χ1) is 8.27. The highest BCUT2D eigenvalue weighted by Gasteiger charge is 2.25. The summed E-state index contributed by atoms with van der Waals surface area (Å²) in [6.45, 7) is 1.72. The van der Waals surface area contributed by atoms with Gasteiger partial charge in [0.1, 0.15) is 4.21 Å². The fourth-order valence-electron chi connectivity index (χ4n) is 1.25. The Morgan fingerprint density at radius 3 is 2.72 bits per heavy atom. The Morgan fingerprint density at radius 1 is 1.67 bits per heavy atom. The summed E-state index contributed by atoms with van der Waals surface area (Å²) in [6.07, 6.45) is 1.86. The Morgan fingerprint density at radius 2 is 2.28 bits per heavy atom. The van der Waals surface area contributed by atoms with Crippen LogP contribution in [0, 0.1) is 10.1 Å². The predicted octanol–water partition coefficient (Wildman–Crippen LogP) is 1.27. The van der Waals surface area contributed by atoms with Gasteiger partial charge in [-0.05, 0) is 13.2 Å². The second kappa shape index (κ2) is 5.87. The zero-order valence-corrected chi connectivity index (χ0v) is 12.2. The van der Waals surface area contributed by atoms with E-state index in [0.29, 0.717) is 17.1 Å². The molecule has 0 bridgehead atoms. The van der Waals surface area contributed by atoms with Crippen LogP contribution in [0.3, 0.4) is 0 Å². The minimum atomic E-state index is -3.75. The van der Waals surface area contributed by atoms with Gasteiger partial charge in [-0.2, -0.15) is 11.8 Å². The van der Waals surface area contributed by atoms with Crippen molar-refractivity contribution in [2.24, 2.45) is 0 Å². The van der Waals surface area contributed by atoms with Gasteiger partial charge in [0.25, 0.3) is 10.0 Å². The summed E-state index contributed by atoms with van der Waals surface area (Å²) in [5.41, 5.74) is 5.03. The molecular formula is C8H13N3O4S3. The average Bonchev–Trinajstić information content (AvgIpc) is 2.60. The molecule has 1 rings (SSSR count). The highest BCUT2D eigenvalue weighted by atomic mass is 32.2. The summed E-state index contributed by atoms with van der Waals surface area (Å²) in [5, 5.41) is 10.5. The van der Waals surface area contributed by atoms with Crippen LogP contribution < -0.4 is 10.5 Å². The Bertz CT molecular complexity index is 540. The molecular weight excluding hydrogens is 298 g/mol. The van der Waals surface area contributed by atoms with Crippen molar-refractivity contribution < 1.29 is 13.3 Å². The quantitative estimate of drug-likeness (QED) is 0.604. The van der Waals surface area contributed by atoms with Crippen molar-refractivity contribution in [1.29, 1.82) is 0 Å². The van der Waals surface area contributed by atoms with Crippen LogP contribution in [0.4, 0.5) is 10.7 Å². The molecule has 1 unspecified atom stereocenters. The van der Waals surface area contributed by atoms with E-state index < -0.39 is 14.9 Å². The summed E-state index contributed by atoms with van der Waals surface area (Å²) in [4.78, 5) is 9.90. The first-order valence-electron chi connectivity index (χ1n) is 4.83. The van der Waals surface area contributed by atoms with Gasteiger partial charge in [0.15, 0.2) is 5.00 Å². The summed E-state index contributed by atoms with van der Waals surface area (Å²) in [6, 6.07) is 0.723. The van der Waals surface area contributed by atoms with Gasteiger partial charge in [0, 0.05) is 17.9 Å². The Labute approximate surface area is 113 Å².